The average molecular weight is 333 g/mol. The maximum atomic E-state index is 11.9. The zero-order valence-corrected chi connectivity index (χ0v) is 13.1. The standard InChI is InChI=1S/C14H19BrClNO/c1-10(9-15)4-3-7-17-14(18)12-5-6-13(16)11(2)8-12/h5-6,8,10H,3-4,7,9H2,1-2H3,(H,17,18). The Labute approximate surface area is 122 Å². The number of halogens is 2. The average Bonchev–Trinajstić information content (AvgIpc) is 2.37. The van der Waals surface area contributed by atoms with E-state index in [1.54, 1.807) is 12.1 Å². The maximum Gasteiger partial charge on any atom is 0.251 e. The van der Waals surface area contributed by atoms with E-state index in [0.29, 0.717) is 16.5 Å². The molecule has 0 spiro atoms. The molecule has 2 nitrogen and oxygen atoms in total. The molecule has 0 saturated heterocycles. The van der Waals surface area contributed by atoms with E-state index in [4.69, 9.17) is 11.6 Å². The lowest BCUT2D eigenvalue weighted by molar-refractivity contribution is 0.0952. The minimum Gasteiger partial charge on any atom is -0.352 e. The number of nitrogens with one attached hydrogen (secondary N) is 1. The monoisotopic (exact) mass is 331 g/mol. The number of hydrogen-bond acceptors (Lipinski definition) is 1. The van der Waals surface area contributed by atoms with Gasteiger partial charge in [0.1, 0.15) is 0 Å². The Bertz CT molecular complexity index is 409. The number of alkyl halides is 1. The third kappa shape index (κ3) is 4.99. The molecule has 1 N–H and O–H groups in total. The van der Waals surface area contributed by atoms with Crippen LogP contribution >= 0.6 is 27.5 Å². The summed E-state index contributed by atoms with van der Waals surface area (Å²) in [6, 6.07) is 5.34. The molecule has 100 valence electrons. The van der Waals surface area contributed by atoms with Crippen LogP contribution in [0.3, 0.4) is 0 Å². The fraction of sp³-hybridized carbons (Fsp3) is 0.500. The van der Waals surface area contributed by atoms with Crippen molar-refractivity contribution in [3.8, 4) is 0 Å². The van der Waals surface area contributed by atoms with Crippen molar-refractivity contribution in [1.82, 2.24) is 5.32 Å². The maximum absolute atomic E-state index is 11.9. The normalized spacial score (nSPS) is 12.2. The molecule has 0 fully saturated rings. The van der Waals surface area contributed by atoms with E-state index >= 15 is 0 Å². The molecule has 0 bridgehead atoms. The molecule has 4 heteroatoms. The Hall–Kier alpha value is -0.540. The number of benzene rings is 1. The first kappa shape index (κ1) is 15.5. The van der Waals surface area contributed by atoms with Gasteiger partial charge < -0.3 is 5.32 Å². The molecule has 0 heterocycles. The summed E-state index contributed by atoms with van der Waals surface area (Å²) in [7, 11) is 0. The number of aryl methyl sites for hydroxylation is 1. The summed E-state index contributed by atoms with van der Waals surface area (Å²) in [6.07, 6.45) is 2.12. The van der Waals surface area contributed by atoms with Gasteiger partial charge >= 0.3 is 0 Å². The summed E-state index contributed by atoms with van der Waals surface area (Å²) in [5, 5.41) is 4.63. The van der Waals surface area contributed by atoms with Crippen molar-refractivity contribution in [2.45, 2.75) is 26.7 Å². The van der Waals surface area contributed by atoms with Crippen LogP contribution in [0.1, 0.15) is 35.7 Å². The van der Waals surface area contributed by atoms with Crippen molar-refractivity contribution in [3.63, 3.8) is 0 Å². The largest absolute Gasteiger partial charge is 0.352 e. The van der Waals surface area contributed by atoms with Crippen LogP contribution in [0.25, 0.3) is 0 Å². The predicted molar refractivity (Wildman–Crippen MR) is 80.7 cm³/mol. The molecule has 1 atom stereocenters. The van der Waals surface area contributed by atoms with E-state index in [2.05, 4.69) is 28.2 Å². The van der Waals surface area contributed by atoms with Crippen molar-refractivity contribution in [1.29, 1.82) is 0 Å². The summed E-state index contributed by atoms with van der Waals surface area (Å²) in [5.41, 5.74) is 1.60. The highest BCUT2D eigenvalue weighted by Gasteiger charge is 2.06. The molecule has 0 aromatic heterocycles. The van der Waals surface area contributed by atoms with Gasteiger partial charge in [0.2, 0.25) is 0 Å². The predicted octanol–water partition coefficient (Wildman–Crippen LogP) is 4.19. The summed E-state index contributed by atoms with van der Waals surface area (Å²) >= 11 is 9.37. The summed E-state index contributed by atoms with van der Waals surface area (Å²) < 4.78 is 0. The van der Waals surface area contributed by atoms with E-state index in [1.807, 2.05) is 13.0 Å². The molecule has 1 unspecified atom stereocenters. The van der Waals surface area contributed by atoms with Gasteiger partial charge in [0.15, 0.2) is 0 Å². The number of amides is 1. The van der Waals surface area contributed by atoms with Gasteiger partial charge in [-0.25, -0.2) is 0 Å². The second kappa shape index (κ2) is 7.80. The summed E-state index contributed by atoms with van der Waals surface area (Å²) in [5.74, 6) is 0.626. The van der Waals surface area contributed by atoms with E-state index in [-0.39, 0.29) is 5.91 Å². The molecular formula is C14H19BrClNO. The molecule has 0 aliphatic carbocycles. The Kier molecular flexibility index (Phi) is 6.72. The minimum atomic E-state index is -0.0266. The van der Waals surface area contributed by atoms with Gasteiger partial charge in [-0.1, -0.05) is 34.5 Å². The second-order valence-corrected chi connectivity index (χ2v) is 5.68. The highest BCUT2D eigenvalue weighted by Crippen LogP contribution is 2.16. The van der Waals surface area contributed by atoms with E-state index in [9.17, 15) is 4.79 Å². The summed E-state index contributed by atoms with van der Waals surface area (Å²) in [6.45, 7) is 4.81. The Morgan fingerprint density at radius 3 is 2.83 bits per heavy atom. The van der Waals surface area contributed by atoms with Gasteiger partial charge in [0.25, 0.3) is 5.91 Å². The Morgan fingerprint density at radius 1 is 1.50 bits per heavy atom. The SMILES string of the molecule is Cc1cc(C(=O)NCCCC(C)CBr)ccc1Cl. The first-order chi connectivity index (χ1) is 8.54. The van der Waals surface area contributed by atoms with Crippen LogP contribution in [0.4, 0.5) is 0 Å². The fourth-order valence-corrected chi connectivity index (χ4v) is 2.06. The number of carbonyl (C=O) groups is 1. The lowest BCUT2D eigenvalue weighted by atomic mass is 10.1. The van der Waals surface area contributed by atoms with Gasteiger partial charge in [-0.2, -0.15) is 0 Å². The molecule has 0 saturated carbocycles. The smallest absolute Gasteiger partial charge is 0.251 e. The van der Waals surface area contributed by atoms with Crippen molar-refractivity contribution < 1.29 is 4.79 Å². The van der Waals surface area contributed by atoms with E-state index in [0.717, 1.165) is 30.3 Å². The van der Waals surface area contributed by atoms with Gasteiger partial charge in [-0.05, 0) is 49.4 Å². The van der Waals surface area contributed by atoms with Crippen molar-refractivity contribution in [3.05, 3.63) is 34.3 Å². The highest BCUT2D eigenvalue weighted by atomic mass is 79.9. The minimum absolute atomic E-state index is 0.0266. The lowest BCUT2D eigenvalue weighted by Crippen LogP contribution is -2.24. The fourth-order valence-electron chi connectivity index (χ4n) is 1.62. The van der Waals surface area contributed by atoms with Crippen molar-refractivity contribution >= 4 is 33.4 Å². The highest BCUT2D eigenvalue weighted by molar-refractivity contribution is 9.09. The van der Waals surface area contributed by atoms with Crippen LogP contribution in [-0.2, 0) is 0 Å². The van der Waals surface area contributed by atoms with E-state index in [1.165, 1.54) is 0 Å². The quantitative estimate of drug-likeness (QED) is 0.614. The molecule has 0 aliphatic rings. The number of rotatable bonds is 6. The van der Waals surface area contributed by atoms with Crippen LogP contribution in [0.2, 0.25) is 5.02 Å². The number of carbonyl (C=O) groups excluding carboxylic acids is 1. The van der Waals surface area contributed by atoms with Crippen molar-refractivity contribution in [2.75, 3.05) is 11.9 Å². The zero-order valence-electron chi connectivity index (χ0n) is 10.8. The van der Waals surface area contributed by atoms with Crippen LogP contribution in [0, 0.1) is 12.8 Å². The molecule has 1 aromatic rings. The second-order valence-electron chi connectivity index (χ2n) is 4.62. The molecule has 1 rings (SSSR count). The zero-order chi connectivity index (χ0) is 13.5. The van der Waals surface area contributed by atoms with Gasteiger partial charge in [0, 0.05) is 22.5 Å². The van der Waals surface area contributed by atoms with Crippen LogP contribution in [-0.4, -0.2) is 17.8 Å². The molecule has 0 aliphatic heterocycles. The lowest BCUT2D eigenvalue weighted by Gasteiger charge is -2.09. The molecule has 1 aromatic carbocycles. The van der Waals surface area contributed by atoms with Crippen LogP contribution in [0.5, 0.6) is 0 Å². The summed E-state index contributed by atoms with van der Waals surface area (Å²) in [4.78, 5) is 11.9. The Balaban J connectivity index is 2.39. The Morgan fingerprint density at radius 2 is 2.22 bits per heavy atom. The molecule has 0 radical (unpaired) electrons. The topological polar surface area (TPSA) is 29.1 Å². The third-order valence-electron chi connectivity index (χ3n) is 2.84. The van der Waals surface area contributed by atoms with Gasteiger partial charge in [-0.3, -0.25) is 4.79 Å². The molecule has 18 heavy (non-hydrogen) atoms. The number of hydrogen-bond donors (Lipinski definition) is 1. The van der Waals surface area contributed by atoms with Gasteiger partial charge in [0.05, 0.1) is 0 Å². The molecular weight excluding hydrogens is 314 g/mol. The first-order valence-corrected chi connectivity index (χ1v) is 7.65. The molecule has 1 amide bonds. The van der Waals surface area contributed by atoms with E-state index < -0.39 is 0 Å². The van der Waals surface area contributed by atoms with Crippen molar-refractivity contribution in [2.24, 2.45) is 5.92 Å². The first-order valence-electron chi connectivity index (χ1n) is 6.15. The van der Waals surface area contributed by atoms with Gasteiger partial charge in [-0.15, -0.1) is 0 Å². The third-order valence-corrected chi connectivity index (χ3v) is 4.37. The van der Waals surface area contributed by atoms with Crippen LogP contribution in [0.15, 0.2) is 18.2 Å². The van der Waals surface area contributed by atoms with Crippen LogP contribution < -0.4 is 5.32 Å².